The van der Waals surface area contributed by atoms with Crippen LogP contribution in [0.15, 0.2) is 46.6 Å². The molecule has 100 valence electrons. The van der Waals surface area contributed by atoms with E-state index in [0.717, 1.165) is 0 Å². The van der Waals surface area contributed by atoms with Crippen LogP contribution in [0, 0.1) is 11.3 Å². The third-order valence-corrected chi connectivity index (χ3v) is 2.85. The van der Waals surface area contributed by atoms with Crippen molar-refractivity contribution in [3.8, 4) is 17.6 Å². The minimum absolute atomic E-state index is 0.180. The van der Waals surface area contributed by atoms with E-state index in [0.29, 0.717) is 21.8 Å². The third-order valence-electron chi connectivity index (χ3n) is 2.55. The van der Waals surface area contributed by atoms with Crippen LogP contribution in [0.2, 0.25) is 5.02 Å². The summed E-state index contributed by atoms with van der Waals surface area (Å²) in [5, 5.41) is 35.5. The molecule has 0 aliphatic carbocycles. The standard InChI is InChI=1S/C14H10ClN3O2/c15-11-5-9(7-16)1-3-12(11)18-17-8-10-2-4-13(19)14(20)6-10/h1-6,19-20H,8H2. The topological polar surface area (TPSA) is 89.0 Å². The van der Waals surface area contributed by atoms with Gasteiger partial charge in [-0.3, -0.25) is 0 Å². The van der Waals surface area contributed by atoms with Gasteiger partial charge in [-0.15, -0.1) is 0 Å². The summed E-state index contributed by atoms with van der Waals surface area (Å²) in [6.45, 7) is 0.240. The summed E-state index contributed by atoms with van der Waals surface area (Å²) in [4.78, 5) is 0. The molecule has 2 aromatic rings. The summed E-state index contributed by atoms with van der Waals surface area (Å²) in [6.07, 6.45) is 0. The second-order valence-electron chi connectivity index (χ2n) is 4.00. The fraction of sp³-hybridized carbons (Fsp3) is 0.0714. The van der Waals surface area contributed by atoms with E-state index in [-0.39, 0.29) is 18.0 Å². The molecule has 0 unspecified atom stereocenters. The van der Waals surface area contributed by atoms with Crippen molar-refractivity contribution < 1.29 is 10.2 Å². The van der Waals surface area contributed by atoms with Crippen molar-refractivity contribution in [3.63, 3.8) is 0 Å². The van der Waals surface area contributed by atoms with Gasteiger partial charge in [0.15, 0.2) is 11.5 Å². The highest BCUT2D eigenvalue weighted by Crippen LogP contribution is 2.27. The monoisotopic (exact) mass is 287 g/mol. The number of phenolic OH excluding ortho intramolecular Hbond substituents is 2. The summed E-state index contributed by atoms with van der Waals surface area (Å²) < 4.78 is 0. The van der Waals surface area contributed by atoms with Gasteiger partial charge in [0, 0.05) is 0 Å². The molecule has 0 atom stereocenters. The zero-order valence-electron chi connectivity index (χ0n) is 10.3. The lowest BCUT2D eigenvalue weighted by Gasteiger charge is -2.00. The SMILES string of the molecule is N#Cc1ccc(N=NCc2ccc(O)c(O)c2)c(Cl)c1. The molecular formula is C14H10ClN3O2. The molecule has 6 heteroatoms. The molecular weight excluding hydrogens is 278 g/mol. The van der Waals surface area contributed by atoms with Gasteiger partial charge in [0.25, 0.3) is 0 Å². The van der Waals surface area contributed by atoms with Gasteiger partial charge in [-0.05, 0) is 35.9 Å². The maximum atomic E-state index is 9.34. The second-order valence-corrected chi connectivity index (χ2v) is 4.41. The number of aromatic hydroxyl groups is 2. The zero-order valence-corrected chi connectivity index (χ0v) is 11.0. The lowest BCUT2D eigenvalue weighted by atomic mass is 10.2. The van der Waals surface area contributed by atoms with Crippen molar-refractivity contribution in [2.45, 2.75) is 6.54 Å². The molecule has 0 saturated heterocycles. The fourth-order valence-corrected chi connectivity index (χ4v) is 1.74. The molecule has 0 saturated carbocycles. The predicted molar refractivity (Wildman–Crippen MR) is 74.2 cm³/mol. The molecule has 2 N–H and O–H groups in total. The van der Waals surface area contributed by atoms with Crippen LogP contribution in [0.3, 0.4) is 0 Å². The Morgan fingerprint density at radius 2 is 1.90 bits per heavy atom. The second kappa shape index (κ2) is 6.04. The number of hydrogen-bond acceptors (Lipinski definition) is 5. The Morgan fingerprint density at radius 3 is 2.55 bits per heavy atom. The normalized spacial score (nSPS) is 10.6. The van der Waals surface area contributed by atoms with Crippen LogP contribution in [0.4, 0.5) is 5.69 Å². The highest BCUT2D eigenvalue weighted by molar-refractivity contribution is 6.33. The Kier molecular flexibility index (Phi) is 4.18. The molecule has 0 aliphatic heterocycles. The molecule has 0 bridgehead atoms. The summed E-state index contributed by atoms with van der Waals surface area (Å²) in [6, 6.07) is 11.1. The van der Waals surface area contributed by atoms with E-state index in [1.54, 1.807) is 18.2 Å². The van der Waals surface area contributed by atoms with Crippen LogP contribution in [-0.4, -0.2) is 10.2 Å². The molecule has 20 heavy (non-hydrogen) atoms. The first-order valence-corrected chi connectivity index (χ1v) is 6.06. The zero-order chi connectivity index (χ0) is 14.5. The minimum Gasteiger partial charge on any atom is -0.504 e. The van der Waals surface area contributed by atoms with Gasteiger partial charge in [0.2, 0.25) is 0 Å². The minimum atomic E-state index is -0.200. The van der Waals surface area contributed by atoms with Gasteiger partial charge >= 0.3 is 0 Å². The van der Waals surface area contributed by atoms with Crippen LogP contribution in [0.5, 0.6) is 11.5 Å². The Balaban J connectivity index is 2.10. The van der Waals surface area contributed by atoms with E-state index in [1.807, 2.05) is 6.07 Å². The number of halogens is 1. The number of nitriles is 1. The van der Waals surface area contributed by atoms with Crippen LogP contribution in [-0.2, 0) is 6.54 Å². The summed E-state index contributed by atoms with van der Waals surface area (Å²) in [7, 11) is 0. The first-order chi connectivity index (χ1) is 9.60. The molecule has 0 fully saturated rings. The van der Waals surface area contributed by atoms with Gasteiger partial charge in [-0.2, -0.15) is 15.5 Å². The highest BCUT2D eigenvalue weighted by Gasteiger charge is 2.02. The van der Waals surface area contributed by atoms with Gasteiger partial charge in [-0.1, -0.05) is 17.7 Å². The molecule has 0 heterocycles. The first-order valence-electron chi connectivity index (χ1n) is 5.68. The highest BCUT2D eigenvalue weighted by atomic mass is 35.5. The van der Waals surface area contributed by atoms with Gasteiger partial charge in [-0.25, -0.2) is 0 Å². The van der Waals surface area contributed by atoms with Crippen LogP contribution in [0.25, 0.3) is 0 Å². The van der Waals surface area contributed by atoms with E-state index in [9.17, 15) is 10.2 Å². The van der Waals surface area contributed by atoms with Crippen molar-refractivity contribution in [3.05, 3.63) is 52.5 Å². The van der Waals surface area contributed by atoms with Crippen molar-refractivity contribution in [2.75, 3.05) is 0 Å². The lowest BCUT2D eigenvalue weighted by molar-refractivity contribution is 0.403. The van der Waals surface area contributed by atoms with Crippen molar-refractivity contribution in [1.82, 2.24) is 0 Å². The number of azo groups is 1. The number of nitrogens with zero attached hydrogens (tertiary/aromatic N) is 3. The van der Waals surface area contributed by atoms with Crippen LogP contribution in [0.1, 0.15) is 11.1 Å². The van der Waals surface area contributed by atoms with Crippen molar-refractivity contribution >= 4 is 17.3 Å². The van der Waals surface area contributed by atoms with E-state index >= 15 is 0 Å². The molecule has 0 amide bonds. The largest absolute Gasteiger partial charge is 0.504 e. The Labute approximate surface area is 120 Å². The summed E-state index contributed by atoms with van der Waals surface area (Å²) in [5.74, 6) is -0.380. The van der Waals surface area contributed by atoms with Gasteiger partial charge < -0.3 is 10.2 Å². The van der Waals surface area contributed by atoms with Crippen molar-refractivity contribution in [2.24, 2.45) is 10.2 Å². The number of hydrogen-bond donors (Lipinski definition) is 2. The lowest BCUT2D eigenvalue weighted by Crippen LogP contribution is -1.80. The van der Waals surface area contributed by atoms with E-state index in [1.165, 1.54) is 18.2 Å². The first kappa shape index (κ1) is 13.8. The molecule has 5 nitrogen and oxygen atoms in total. The number of rotatable bonds is 3. The van der Waals surface area contributed by atoms with E-state index in [2.05, 4.69) is 10.2 Å². The Morgan fingerprint density at radius 1 is 1.10 bits per heavy atom. The number of phenols is 2. The molecule has 0 radical (unpaired) electrons. The van der Waals surface area contributed by atoms with E-state index in [4.69, 9.17) is 16.9 Å². The molecule has 0 spiro atoms. The average molecular weight is 288 g/mol. The van der Waals surface area contributed by atoms with Gasteiger partial charge in [0.05, 0.1) is 23.2 Å². The fourth-order valence-electron chi connectivity index (χ4n) is 1.52. The van der Waals surface area contributed by atoms with Crippen LogP contribution < -0.4 is 0 Å². The van der Waals surface area contributed by atoms with Crippen molar-refractivity contribution in [1.29, 1.82) is 5.26 Å². The third kappa shape index (κ3) is 3.25. The van der Waals surface area contributed by atoms with E-state index < -0.39 is 0 Å². The Bertz CT molecular complexity index is 708. The molecule has 2 aromatic carbocycles. The average Bonchev–Trinajstić information content (AvgIpc) is 2.44. The van der Waals surface area contributed by atoms with Crippen LogP contribution >= 0.6 is 11.6 Å². The summed E-state index contributed by atoms with van der Waals surface area (Å²) >= 11 is 5.96. The predicted octanol–water partition coefficient (Wildman–Crippen LogP) is 3.91. The smallest absolute Gasteiger partial charge is 0.157 e. The summed E-state index contributed by atoms with van der Waals surface area (Å²) in [5.41, 5.74) is 1.62. The molecule has 0 aromatic heterocycles. The Hall–Kier alpha value is -2.58. The van der Waals surface area contributed by atoms with Gasteiger partial charge in [0.1, 0.15) is 5.69 Å². The number of benzene rings is 2. The molecule has 0 aliphatic rings. The quantitative estimate of drug-likeness (QED) is 0.662. The molecule has 2 rings (SSSR count). The maximum absolute atomic E-state index is 9.34. The maximum Gasteiger partial charge on any atom is 0.157 e.